The molecular weight excluding hydrogens is 410 g/mol. The van der Waals surface area contributed by atoms with Crippen LogP contribution in [0.3, 0.4) is 0 Å². The lowest BCUT2D eigenvalue weighted by Gasteiger charge is -2.28. The van der Waals surface area contributed by atoms with Gasteiger partial charge in [0.1, 0.15) is 4.90 Å². The lowest BCUT2D eigenvalue weighted by Crippen LogP contribution is -2.36. The highest BCUT2D eigenvalue weighted by Crippen LogP contribution is 2.26. The van der Waals surface area contributed by atoms with Crippen LogP contribution in [-0.2, 0) is 10.0 Å². The summed E-state index contributed by atoms with van der Waals surface area (Å²) in [4.78, 5) is 15.1. The van der Waals surface area contributed by atoms with Crippen molar-refractivity contribution in [2.24, 2.45) is 0 Å². The molecule has 0 aliphatic carbocycles. The van der Waals surface area contributed by atoms with Gasteiger partial charge in [-0.2, -0.15) is 0 Å². The Morgan fingerprint density at radius 3 is 2.41 bits per heavy atom. The molecule has 2 aromatic carbocycles. The van der Waals surface area contributed by atoms with Crippen LogP contribution in [0.4, 0.5) is 0 Å². The number of sulfonamides is 1. The van der Waals surface area contributed by atoms with Crippen LogP contribution in [0.1, 0.15) is 34.8 Å². The van der Waals surface area contributed by atoms with E-state index in [4.69, 9.17) is 11.6 Å². The monoisotopic (exact) mass is 435 g/mol. The number of rotatable bonds is 7. The Bertz CT molecular complexity index is 958. The fourth-order valence-corrected chi connectivity index (χ4v) is 4.91. The first-order valence-electron chi connectivity index (χ1n) is 9.60. The molecule has 6 nitrogen and oxygen atoms in total. The maximum Gasteiger partial charge on any atom is 0.251 e. The fraction of sp³-hybridized carbons (Fsp3) is 0.381. The molecule has 1 fully saturated rings. The van der Waals surface area contributed by atoms with Gasteiger partial charge in [0, 0.05) is 26.2 Å². The molecule has 1 N–H and O–H groups in total. The van der Waals surface area contributed by atoms with Crippen LogP contribution >= 0.6 is 11.6 Å². The summed E-state index contributed by atoms with van der Waals surface area (Å²) in [5, 5.41) is 3.06. The first kappa shape index (κ1) is 21.8. The number of nitrogens with zero attached hydrogens (tertiary/aromatic N) is 2. The summed E-state index contributed by atoms with van der Waals surface area (Å²) < 4.78 is 26.0. The first-order chi connectivity index (χ1) is 13.8. The molecule has 1 heterocycles. The average molecular weight is 436 g/mol. The van der Waals surface area contributed by atoms with Crippen molar-refractivity contribution in [2.45, 2.75) is 23.8 Å². The van der Waals surface area contributed by atoms with Crippen LogP contribution in [0.2, 0.25) is 5.02 Å². The maximum atomic E-state index is 12.8. The topological polar surface area (TPSA) is 69.7 Å². The van der Waals surface area contributed by atoms with Gasteiger partial charge in [0.15, 0.2) is 0 Å². The zero-order chi connectivity index (χ0) is 21.0. The highest BCUT2D eigenvalue weighted by Gasteiger charge is 2.25. The Hall–Kier alpha value is -1.93. The molecular formula is C21H26ClN3O3S. The molecule has 0 bridgehead atoms. The van der Waals surface area contributed by atoms with Crippen molar-refractivity contribution in [1.82, 2.24) is 14.5 Å². The van der Waals surface area contributed by atoms with Crippen LogP contribution in [0.15, 0.2) is 53.4 Å². The minimum absolute atomic E-state index is 0.0732. The number of halogens is 1. The van der Waals surface area contributed by atoms with Gasteiger partial charge in [-0.1, -0.05) is 41.9 Å². The number of carbonyl (C=O) groups excluding carboxylic acids is 1. The highest BCUT2D eigenvalue weighted by atomic mass is 35.5. The molecule has 1 aliphatic heterocycles. The summed E-state index contributed by atoms with van der Waals surface area (Å²) in [6, 6.07) is 14.5. The number of hydrogen-bond acceptors (Lipinski definition) is 4. The van der Waals surface area contributed by atoms with E-state index >= 15 is 0 Å². The average Bonchev–Trinajstić information content (AvgIpc) is 3.23. The second-order valence-corrected chi connectivity index (χ2v) is 9.84. The Morgan fingerprint density at radius 2 is 1.79 bits per heavy atom. The number of benzene rings is 2. The number of amides is 1. The summed E-state index contributed by atoms with van der Waals surface area (Å²) in [6.07, 6.45) is 2.31. The van der Waals surface area contributed by atoms with Crippen molar-refractivity contribution in [2.75, 3.05) is 33.7 Å². The summed E-state index contributed by atoms with van der Waals surface area (Å²) in [6.45, 7) is 2.45. The molecule has 2 aromatic rings. The maximum absolute atomic E-state index is 12.8. The first-order valence-corrected chi connectivity index (χ1v) is 11.4. The van der Waals surface area contributed by atoms with Crippen molar-refractivity contribution in [1.29, 1.82) is 0 Å². The van der Waals surface area contributed by atoms with Gasteiger partial charge < -0.3 is 5.32 Å². The van der Waals surface area contributed by atoms with E-state index in [0.29, 0.717) is 6.54 Å². The molecule has 1 amide bonds. The lowest BCUT2D eigenvalue weighted by molar-refractivity contribution is 0.0937. The Balaban J connectivity index is 1.79. The number of nitrogens with one attached hydrogen (secondary N) is 1. The molecule has 0 radical (unpaired) electrons. The van der Waals surface area contributed by atoms with E-state index in [0.717, 1.165) is 35.8 Å². The van der Waals surface area contributed by atoms with Gasteiger partial charge in [0.2, 0.25) is 10.0 Å². The van der Waals surface area contributed by atoms with E-state index < -0.39 is 10.0 Å². The second kappa shape index (κ2) is 9.26. The van der Waals surface area contributed by atoms with Gasteiger partial charge in [0.05, 0.1) is 11.1 Å². The number of hydrogen-bond donors (Lipinski definition) is 1. The highest BCUT2D eigenvalue weighted by molar-refractivity contribution is 7.89. The van der Waals surface area contributed by atoms with Gasteiger partial charge in [-0.25, -0.2) is 12.7 Å². The fourth-order valence-electron chi connectivity index (χ4n) is 3.52. The van der Waals surface area contributed by atoms with Crippen molar-refractivity contribution >= 4 is 27.5 Å². The smallest absolute Gasteiger partial charge is 0.251 e. The third-order valence-electron chi connectivity index (χ3n) is 5.17. The third-order valence-corrected chi connectivity index (χ3v) is 7.47. The van der Waals surface area contributed by atoms with Crippen LogP contribution in [0, 0.1) is 0 Å². The van der Waals surface area contributed by atoms with Gasteiger partial charge >= 0.3 is 0 Å². The van der Waals surface area contributed by atoms with E-state index in [-0.39, 0.29) is 27.4 Å². The minimum atomic E-state index is -3.74. The Morgan fingerprint density at radius 1 is 1.14 bits per heavy atom. The summed E-state index contributed by atoms with van der Waals surface area (Å²) in [7, 11) is -0.879. The van der Waals surface area contributed by atoms with Gasteiger partial charge in [-0.3, -0.25) is 9.69 Å². The zero-order valence-electron chi connectivity index (χ0n) is 16.6. The summed E-state index contributed by atoms with van der Waals surface area (Å²) in [5.74, 6) is -0.322. The van der Waals surface area contributed by atoms with E-state index in [9.17, 15) is 13.2 Å². The molecule has 29 heavy (non-hydrogen) atoms. The lowest BCUT2D eigenvalue weighted by atomic mass is 10.1. The summed E-state index contributed by atoms with van der Waals surface area (Å²) >= 11 is 6.08. The van der Waals surface area contributed by atoms with Crippen LogP contribution in [-0.4, -0.2) is 57.3 Å². The molecule has 8 heteroatoms. The van der Waals surface area contributed by atoms with Crippen LogP contribution in [0.25, 0.3) is 0 Å². The minimum Gasteiger partial charge on any atom is -0.350 e. The molecule has 1 unspecified atom stereocenters. The molecule has 156 valence electrons. The standard InChI is InChI=1S/C21H26ClN3O3S/c1-24(2)29(27,28)20-14-17(10-11-18(20)22)21(26)23-15-19(25-12-6-7-13-25)16-8-4-3-5-9-16/h3-5,8-11,14,19H,6-7,12-13,15H2,1-2H3,(H,23,26). The van der Waals surface area contributed by atoms with E-state index in [1.807, 2.05) is 18.2 Å². The molecule has 0 saturated carbocycles. The van der Waals surface area contributed by atoms with Crippen LogP contribution < -0.4 is 5.32 Å². The molecule has 1 saturated heterocycles. The molecule has 3 rings (SSSR count). The predicted octanol–water partition coefficient (Wildman–Crippen LogP) is 3.16. The molecule has 1 atom stereocenters. The van der Waals surface area contributed by atoms with Crippen molar-refractivity contribution in [3.63, 3.8) is 0 Å². The molecule has 1 aliphatic rings. The van der Waals surface area contributed by atoms with Crippen molar-refractivity contribution in [3.8, 4) is 0 Å². The molecule has 0 spiro atoms. The Kier molecular flexibility index (Phi) is 6.95. The van der Waals surface area contributed by atoms with Crippen molar-refractivity contribution < 1.29 is 13.2 Å². The predicted molar refractivity (Wildman–Crippen MR) is 115 cm³/mol. The van der Waals surface area contributed by atoms with E-state index in [1.165, 1.54) is 26.2 Å². The van der Waals surface area contributed by atoms with E-state index in [1.54, 1.807) is 6.07 Å². The second-order valence-electron chi connectivity index (χ2n) is 7.31. The van der Waals surface area contributed by atoms with Gasteiger partial charge in [-0.05, 0) is 49.7 Å². The van der Waals surface area contributed by atoms with Gasteiger partial charge in [-0.15, -0.1) is 0 Å². The van der Waals surface area contributed by atoms with E-state index in [2.05, 4.69) is 22.3 Å². The zero-order valence-corrected chi connectivity index (χ0v) is 18.2. The number of carbonyl (C=O) groups is 1. The SMILES string of the molecule is CN(C)S(=O)(=O)c1cc(C(=O)NCC(c2ccccc2)N2CCCC2)ccc1Cl. The van der Waals surface area contributed by atoms with Gasteiger partial charge in [0.25, 0.3) is 5.91 Å². The number of likely N-dealkylation sites (tertiary alicyclic amines) is 1. The molecule has 0 aromatic heterocycles. The quantitative estimate of drug-likeness (QED) is 0.725. The van der Waals surface area contributed by atoms with Crippen molar-refractivity contribution in [3.05, 3.63) is 64.7 Å². The summed E-state index contributed by atoms with van der Waals surface area (Å²) in [5.41, 5.74) is 1.42. The Labute approximate surface area is 177 Å². The largest absolute Gasteiger partial charge is 0.350 e. The van der Waals surface area contributed by atoms with Crippen LogP contribution in [0.5, 0.6) is 0 Å². The third kappa shape index (κ3) is 4.98. The normalized spacial score (nSPS) is 16.1.